The number of ether oxygens (including phenoxy) is 1. The molecule has 0 aliphatic rings. The van der Waals surface area contributed by atoms with Crippen LogP contribution in [0.15, 0.2) is 35.7 Å². The first-order valence-electron chi connectivity index (χ1n) is 4.93. The average Bonchev–Trinajstić information content (AvgIpc) is 2.26. The van der Waals surface area contributed by atoms with Crippen LogP contribution < -0.4 is 4.74 Å². The maximum atomic E-state index is 11.2. The number of carboxylic acid groups (broad SMARTS) is 1. The highest BCUT2D eigenvalue weighted by Crippen LogP contribution is 2.30. The molecule has 1 N–H and O–H groups in total. The highest BCUT2D eigenvalue weighted by atomic mass is 32.2. The van der Waals surface area contributed by atoms with Gasteiger partial charge < -0.3 is 9.84 Å². The van der Waals surface area contributed by atoms with E-state index in [9.17, 15) is 4.79 Å². The third-order valence-corrected chi connectivity index (χ3v) is 2.80. The van der Waals surface area contributed by atoms with Crippen LogP contribution in [0.4, 0.5) is 0 Å². The Hall–Kier alpha value is -1.42. The molecule has 16 heavy (non-hydrogen) atoms. The quantitative estimate of drug-likeness (QED) is 0.611. The lowest BCUT2D eigenvalue weighted by atomic mass is 10.2. The largest absolute Gasteiger partial charge is 0.489 e. The van der Waals surface area contributed by atoms with Crippen LogP contribution in [0.5, 0.6) is 5.75 Å². The van der Waals surface area contributed by atoms with Gasteiger partial charge in [-0.3, -0.25) is 0 Å². The molecule has 0 heterocycles. The van der Waals surface area contributed by atoms with Gasteiger partial charge in [0, 0.05) is 4.90 Å². The lowest BCUT2D eigenvalue weighted by Gasteiger charge is -2.10. The lowest BCUT2D eigenvalue weighted by Crippen LogP contribution is -2.05. The molecule has 0 aliphatic heterocycles. The van der Waals surface area contributed by atoms with Gasteiger partial charge in [-0.1, -0.05) is 25.6 Å². The Balaban J connectivity index is 3.10. The molecule has 3 nitrogen and oxygen atoms in total. The number of benzene rings is 1. The molecule has 0 saturated carbocycles. The predicted octanol–water partition coefficient (Wildman–Crippen LogP) is 3.06. The van der Waals surface area contributed by atoms with E-state index in [0.717, 1.165) is 10.6 Å². The maximum absolute atomic E-state index is 11.2. The third kappa shape index (κ3) is 3.03. The number of rotatable bonds is 6. The van der Waals surface area contributed by atoms with Crippen molar-refractivity contribution in [2.45, 2.75) is 11.8 Å². The van der Waals surface area contributed by atoms with Crippen molar-refractivity contribution in [3.63, 3.8) is 0 Å². The van der Waals surface area contributed by atoms with E-state index < -0.39 is 5.97 Å². The van der Waals surface area contributed by atoms with Crippen LogP contribution in [0, 0.1) is 0 Å². The van der Waals surface area contributed by atoms with Gasteiger partial charge in [0.05, 0.1) is 0 Å². The van der Waals surface area contributed by atoms with Crippen molar-refractivity contribution >= 4 is 17.7 Å². The van der Waals surface area contributed by atoms with Crippen molar-refractivity contribution in [1.82, 2.24) is 0 Å². The summed E-state index contributed by atoms with van der Waals surface area (Å²) in [5.41, 5.74) is 0.233. The van der Waals surface area contributed by atoms with Crippen molar-refractivity contribution in [3.8, 4) is 5.75 Å². The number of hydrogen-bond donors (Lipinski definition) is 1. The molecule has 0 fully saturated rings. The van der Waals surface area contributed by atoms with E-state index in [4.69, 9.17) is 9.84 Å². The fraction of sp³-hybridized carbons (Fsp3) is 0.250. The molecule has 0 aliphatic carbocycles. The second-order valence-corrected chi connectivity index (χ2v) is 4.27. The normalized spacial score (nSPS) is 9.81. The summed E-state index contributed by atoms with van der Waals surface area (Å²) in [4.78, 5) is 11.9. The van der Waals surface area contributed by atoms with Gasteiger partial charge in [0.1, 0.15) is 17.9 Å². The minimum atomic E-state index is -0.962. The van der Waals surface area contributed by atoms with Gasteiger partial charge in [0.15, 0.2) is 0 Å². The molecule has 86 valence electrons. The van der Waals surface area contributed by atoms with E-state index in [0.29, 0.717) is 12.4 Å². The smallest absolute Gasteiger partial charge is 0.340 e. The van der Waals surface area contributed by atoms with Gasteiger partial charge in [-0.2, -0.15) is 0 Å². The van der Waals surface area contributed by atoms with Crippen LogP contribution in [-0.4, -0.2) is 23.4 Å². The summed E-state index contributed by atoms with van der Waals surface area (Å²) in [6.07, 6.45) is 1.59. The Morgan fingerprint density at radius 2 is 2.38 bits per heavy atom. The number of carboxylic acids is 1. The molecule has 0 radical (unpaired) electrons. The van der Waals surface area contributed by atoms with Crippen LogP contribution >= 0.6 is 11.8 Å². The van der Waals surface area contributed by atoms with Crippen LogP contribution in [0.3, 0.4) is 0 Å². The molecule has 0 spiro atoms. The molecular weight excluding hydrogens is 224 g/mol. The summed E-state index contributed by atoms with van der Waals surface area (Å²) in [5, 5.41) is 9.15. The average molecular weight is 238 g/mol. The number of carbonyl (C=O) groups is 1. The van der Waals surface area contributed by atoms with Gasteiger partial charge in [-0.25, -0.2) is 4.79 Å². The Morgan fingerprint density at radius 1 is 1.62 bits per heavy atom. The molecule has 1 aromatic rings. The van der Waals surface area contributed by atoms with Crippen LogP contribution in [0.25, 0.3) is 0 Å². The fourth-order valence-corrected chi connectivity index (χ4v) is 2.08. The monoisotopic (exact) mass is 238 g/mol. The highest BCUT2D eigenvalue weighted by molar-refractivity contribution is 7.99. The van der Waals surface area contributed by atoms with Crippen LogP contribution in [0.2, 0.25) is 0 Å². The van der Waals surface area contributed by atoms with Gasteiger partial charge in [-0.15, -0.1) is 11.8 Å². The van der Waals surface area contributed by atoms with E-state index in [1.165, 1.54) is 11.8 Å². The molecule has 0 amide bonds. The van der Waals surface area contributed by atoms with Crippen LogP contribution in [-0.2, 0) is 0 Å². The fourth-order valence-electron chi connectivity index (χ4n) is 1.27. The first-order chi connectivity index (χ1) is 7.70. The summed E-state index contributed by atoms with van der Waals surface area (Å²) >= 11 is 1.49. The Kier molecular flexibility index (Phi) is 4.92. The minimum absolute atomic E-state index is 0.233. The standard InChI is InChI=1S/C12H14O3S/c1-3-8-15-9-6-5-7-10(16-4-2)11(9)12(13)14/h3,5-7H,1,4,8H2,2H3,(H,13,14). The van der Waals surface area contributed by atoms with E-state index in [1.54, 1.807) is 24.3 Å². The number of hydrogen-bond acceptors (Lipinski definition) is 3. The number of aromatic carboxylic acids is 1. The molecular formula is C12H14O3S. The van der Waals surface area contributed by atoms with Gasteiger partial charge in [0.25, 0.3) is 0 Å². The summed E-state index contributed by atoms with van der Waals surface area (Å²) < 4.78 is 5.32. The zero-order valence-electron chi connectivity index (χ0n) is 9.10. The molecule has 0 atom stereocenters. The van der Waals surface area contributed by atoms with Crippen molar-refractivity contribution in [3.05, 3.63) is 36.4 Å². The second kappa shape index (κ2) is 6.23. The summed E-state index contributed by atoms with van der Waals surface area (Å²) in [7, 11) is 0. The maximum Gasteiger partial charge on any atom is 0.340 e. The second-order valence-electron chi connectivity index (χ2n) is 2.97. The van der Waals surface area contributed by atoms with Crippen molar-refractivity contribution in [2.75, 3.05) is 12.4 Å². The molecule has 4 heteroatoms. The minimum Gasteiger partial charge on any atom is -0.489 e. The molecule has 1 aromatic carbocycles. The van der Waals surface area contributed by atoms with Gasteiger partial charge >= 0.3 is 5.97 Å². The molecule has 0 unspecified atom stereocenters. The van der Waals surface area contributed by atoms with E-state index in [1.807, 2.05) is 6.92 Å². The van der Waals surface area contributed by atoms with Gasteiger partial charge in [-0.05, 0) is 17.9 Å². The topological polar surface area (TPSA) is 46.5 Å². The summed E-state index contributed by atoms with van der Waals surface area (Å²) in [6, 6.07) is 5.24. The summed E-state index contributed by atoms with van der Waals surface area (Å²) in [6.45, 7) is 5.82. The third-order valence-electron chi connectivity index (χ3n) is 1.86. The molecule has 0 aromatic heterocycles. The summed E-state index contributed by atoms with van der Waals surface area (Å²) in [5.74, 6) is 0.257. The molecule has 1 rings (SSSR count). The van der Waals surface area contributed by atoms with Crippen molar-refractivity contribution in [1.29, 1.82) is 0 Å². The SMILES string of the molecule is C=CCOc1cccc(SCC)c1C(=O)O. The van der Waals surface area contributed by atoms with E-state index >= 15 is 0 Å². The first kappa shape index (κ1) is 12.6. The first-order valence-corrected chi connectivity index (χ1v) is 5.92. The number of thioether (sulfide) groups is 1. The zero-order valence-corrected chi connectivity index (χ0v) is 9.92. The molecule has 0 saturated heterocycles. The van der Waals surface area contributed by atoms with Crippen LogP contribution in [0.1, 0.15) is 17.3 Å². The van der Waals surface area contributed by atoms with E-state index in [2.05, 4.69) is 6.58 Å². The predicted molar refractivity (Wildman–Crippen MR) is 65.5 cm³/mol. The van der Waals surface area contributed by atoms with E-state index in [-0.39, 0.29) is 5.56 Å². The Morgan fingerprint density at radius 3 is 2.94 bits per heavy atom. The zero-order chi connectivity index (χ0) is 12.0. The van der Waals surface area contributed by atoms with Gasteiger partial charge in [0.2, 0.25) is 0 Å². The molecule has 0 bridgehead atoms. The highest BCUT2D eigenvalue weighted by Gasteiger charge is 2.16. The Bertz CT molecular complexity index is 388. The van der Waals surface area contributed by atoms with Crippen molar-refractivity contribution in [2.24, 2.45) is 0 Å². The lowest BCUT2D eigenvalue weighted by molar-refractivity contribution is 0.0689. The van der Waals surface area contributed by atoms with Crippen molar-refractivity contribution < 1.29 is 14.6 Å². The Labute approximate surface area is 99.1 Å².